The molecule has 0 radical (unpaired) electrons. The lowest BCUT2D eigenvalue weighted by Gasteiger charge is -2.09. The highest BCUT2D eigenvalue weighted by atomic mass is 79.9. The van der Waals surface area contributed by atoms with Gasteiger partial charge in [0.2, 0.25) is 0 Å². The molecule has 0 fully saturated rings. The second-order valence-electron chi connectivity index (χ2n) is 4.08. The number of thiophene rings is 1. The molecule has 3 nitrogen and oxygen atoms in total. The number of hydrogen-bond acceptors (Lipinski definition) is 3. The molecule has 0 unspecified atom stereocenters. The second-order valence-corrected chi connectivity index (χ2v) is 7.80. The minimum Gasteiger partial charge on any atom is -0.389 e. The van der Waals surface area contributed by atoms with Gasteiger partial charge in [-0.25, -0.2) is 0 Å². The summed E-state index contributed by atoms with van der Waals surface area (Å²) in [6, 6.07) is 7.22. The molecular formula is C13H10Br2N2OS2. The number of amides is 1. The van der Waals surface area contributed by atoms with Crippen LogP contribution in [0, 0.1) is 6.92 Å². The van der Waals surface area contributed by atoms with Gasteiger partial charge in [0.05, 0.1) is 14.4 Å². The zero-order valence-electron chi connectivity index (χ0n) is 10.4. The van der Waals surface area contributed by atoms with E-state index < -0.39 is 0 Å². The molecule has 0 aliphatic carbocycles. The zero-order chi connectivity index (χ0) is 14.9. The molecule has 1 amide bonds. The van der Waals surface area contributed by atoms with E-state index in [0.29, 0.717) is 16.1 Å². The van der Waals surface area contributed by atoms with Crippen molar-refractivity contribution in [1.82, 2.24) is 0 Å². The Labute approximate surface area is 142 Å². The summed E-state index contributed by atoms with van der Waals surface area (Å²) in [5.74, 6) is -0.177. The van der Waals surface area contributed by atoms with E-state index in [1.165, 1.54) is 11.3 Å². The lowest BCUT2D eigenvalue weighted by Crippen LogP contribution is -2.17. The van der Waals surface area contributed by atoms with Crippen LogP contribution in [-0.4, -0.2) is 10.9 Å². The highest BCUT2D eigenvalue weighted by Crippen LogP contribution is 2.28. The maximum Gasteiger partial charge on any atom is 0.265 e. The predicted molar refractivity (Wildman–Crippen MR) is 94.7 cm³/mol. The quantitative estimate of drug-likeness (QED) is 0.702. The number of thiocarbonyl (C=S) groups is 1. The summed E-state index contributed by atoms with van der Waals surface area (Å²) in [4.78, 5) is 13.1. The van der Waals surface area contributed by atoms with E-state index in [4.69, 9.17) is 18.0 Å². The number of nitrogens with one attached hydrogen (secondary N) is 1. The van der Waals surface area contributed by atoms with Crippen LogP contribution in [0.4, 0.5) is 5.69 Å². The third kappa shape index (κ3) is 3.46. The number of carbonyl (C=O) groups is 1. The molecule has 104 valence electrons. The molecule has 3 N–H and O–H groups in total. The van der Waals surface area contributed by atoms with Crippen LogP contribution in [0.2, 0.25) is 0 Å². The Morgan fingerprint density at radius 2 is 2.05 bits per heavy atom. The summed E-state index contributed by atoms with van der Waals surface area (Å²) >= 11 is 13.2. The average Bonchev–Trinajstić information content (AvgIpc) is 2.71. The molecule has 7 heteroatoms. The van der Waals surface area contributed by atoms with Crippen molar-refractivity contribution in [3.05, 3.63) is 48.5 Å². The normalized spacial score (nSPS) is 10.3. The van der Waals surface area contributed by atoms with Crippen molar-refractivity contribution in [2.75, 3.05) is 5.32 Å². The van der Waals surface area contributed by atoms with Crippen molar-refractivity contribution in [3.8, 4) is 0 Å². The first-order chi connectivity index (χ1) is 9.38. The molecule has 0 spiro atoms. The smallest absolute Gasteiger partial charge is 0.265 e. The highest BCUT2D eigenvalue weighted by molar-refractivity contribution is 9.11. The summed E-state index contributed by atoms with van der Waals surface area (Å²) in [5.41, 5.74) is 7.95. The Bertz CT molecular complexity index is 678. The Morgan fingerprint density at radius 1 is 1.35 bits per heavy atom. The third-order valence-corrected chi connectivity index (χ3v) is 5.42. The van der Waals surface area contributed by atoms with E-state index in [2.05, 4.69) is 37.2 Å². The fraction of sp³-hybridized carbons (Fsp3) is 0.0769. The van der Waals surface area contributed by atoms with Crippen LogP contribution < -0.4 is 11.1 Å². The fourth-order valence-corrected chi connectivity index (χ4v) is 3.55. The Balaban J connectivity index is 2.30. The standard InChI is InChI=1S/C13H10Br2N2OS2/c1-6-4-10(20-11(6)15)13(18)17-9-3-2-7(14)5-8(9)12(16)19/h2-5H,1H3,(H2,16,19)(H,17,18). The lowest BCUT2D eigenvalue weighted by molar-refractivity contribution is 0.103. The lowest BCUT2D eigenvalue weighted by atomic mass is 10.1. The van der Waals surface area contributed by atoms with E-state index in [1.807, 2.05) is 19.1 Å². The number of halogens is 2. The molecule has 0 atom stereocenters. The van der Waals surface area contributed by atoms with E-state index >= 15 is 0 Å². The molecule has 1 aromatic heterocycles. The second kappa shape index (κ2) is 6.34. The summed E-state index contributed by atoms with van der Waals surface area (Å²) < 4.78 is 1.81. The monoisotopic (exact) mass is 432 g/mol. The van der Waals surface area contributed by atoms with Gasteiger partial charge >= 0.3 is 0 Å². The van der Waals surface area contributed by atoms with E-state index in [9.17, 15) is 4.79 Å². The van der Waals surface area contributed by atoms with Gasteiger partial charge in [-0.15, -0.1) is 11.3 Å². The summed E-state index contributed by atoms with van der Waals surface area (Å²) in [6.07, 6.45) is 0. The number of hydrogen-bond donors (Lipinski definition) is 2. The van der Waals surface area contributed by atoms with Crippen molar-refractivity contribution in [3.63, 3.8) is 0 Å². The molecule has 20 heavy (non-hydrogen) atoms. The van der Waals surface area contributed by atoms with Gasteiger partial charge in [0.25, 0.3) is 5.91 Å². The van der Waals surface area contributed by atoms with Gasteiger partial charge < -0.3 is 11.1 Å². The summed E-state index contributed by atoms with van der Waals surface area (Å²) in [5, 5.41) is 2.84. The van der Waals surface area contributed by atoms with Gasteiger partial charge in [-0.1, -0.05) is 28.1 Å². The topological polar surface area (TPSA) is 55.1 Å². The fourth-order valence-electron chi connectivity index (χ4n) is 1.59. The minimum absolute atomic E-state index is 0.177. The largest absolute Gasteiger partial charge is 0.389 e. The molecule has 0 aliphatic heterocycles. The van der Waals surface area contributed by atoms with Gasteiger partial charge in [-0.05, 0) is 52.7 Å². The average molecular weight is 434 g/mol. The van der Waals surface area contributed by atoms with Crippen LogP contribution in [0.15, 0.2) is 32.5 Å². The molecule has 1 heterocycles. The van der Waals surface area contributed by atoms with Gasteiger partial charge in [0, 0.05) is 10.0 Å². The first-order valence-electron chi connectivity index (χ1n) is 5.55. The van der Waals surface area contributed by atoms with E-state index in [-0.39, 0.29) is 10.9 Å². The van der Waals surface area contributed by atoms with E-state index in [1.54, 1.807) is 12.1 Å². The summed E-state index contributed by atoms with van der Waals surface area (Å²) in [7, 11) is 0. The maximum atomic E-state index is 12.2. The Hall–Kier alpha value is -0.760. The maximum absolute atomic E-state index is 12.2. The number of aryl methyl sites for hydroxylation is 1. The first kappa shape index (κ1) is 15.6. The van der Waals surface area contributed by atoms with Gasteiger partial charge in [-0.2, -0.15) is 0 Å². The minimum atomic E-state index is -0.177. The van der Waals surface area contributed by atoms with Crippen LogP contribution in [0.3, 0.4) is 0 Å². The Kier molecular flexibility index (Phi) is 4.95. The van der Waals surface area contributed by atoms with Crippen molar-refractivity contribution in [2.45, 2.75) is 6.92 Å². The molecule has 0 saturated heterocycles. The third-order valence-electron chi connectivity index (χ3n) is 2.58. The predicted octanol–water partition coefficient (Wildman–Crippen LogP) is 4.47. The number of rotatable bonds is 3. The van der Waals surface area contributed by atoms with Gasteiger partial charge in [0.15, 0.2) is 0 Å². The number of nitrogens with two attached hydrogens (primary N) is 1. The van der Waals surface area contributed by atoms with Crippen molar-refractivity contribution in [1.29, 1.82) is 0 Å². The molecule has 0 saturated carbocycles. The Morgan fingerprint density at radius 3 is 2.60 bits per heavy atom. The van der Waals surface area contributed by atoms with E-state index in [0.717, 1.165) is 13.8 Å². The molecule has 0 aliphatic rings. The highest BCUT2D eigenvalue weighted by Gasteiger charge is 2.14. The van der Waals surface area contributed by atoms with Gasteiger partial charge in [-0.3, -0.25) is 4.79 Å². The number of anilines is 1. The van der Waals surface area contributed by atoms with Crippen LogP contribution in [-0.2, 0) is 0 Å². The molecule has 2 rings (SSSR count). The molecule has 1 aromatic carbocycles. The summed E-state index contributed by atoms with van der Waals surface area (Å²) in [6.45, 7) is 1.94. The van der Waals surface area contributed by atoms with Crippen molar-refractivity contribution in [2.24, 2.45) is 5.73 Å². The first-order valence-corrected chi connectivity index (χ1v) is 8.36. The van der Waals surface area contributed by atoms with Crippen molar-refractivity contribution < 1.29 is 4.79 Å². The number of benzene rings is 1. The van der Waals surface area contributed by atoms with Gasteiger partial charge in [0.1, 0.15) is 4.99 Å². The molecular weight excluding hydrogens is 424 g/mol. The SMILES string of the molecule is Cc1cc(C(=O)Nc2ccc(Br)cc2C(N)=S)sc1Br. The van der Waals surface area contributed by atoms with Crippen molar-refractivity contribution >= 4 is 72.0 Å². The van der Waals surface area contributed by atoms with Crippen LogP contribution in [0.25, 0.3) is 0 Å². The molecule has 0 bridgehead atoms. The zero-order valence-corrected chi connectivity index (χ0v) is 15.2. The molecule has 2 aromatic rings. The number of carbonyl (C=O) groups excluding carboxylic acids is 1. The van der Waals surface area contributed by atoms with Crippen LogP contribution >= 0.6 is 55.4 Å². The van der Waals surface area contributed by atoms with Crippen LogP contribution in [0.1, 0.15) is 20.8 Å². The van der Waals surface area contributed by atoms with Crippen LogP contribution in [0.5, 0.6) is 0 Å².